The van der Waals surface area contributed by atoms with Crippen LogP contribution < -0.4 is 5.63 Å². The van der Waals surface area contributed by atoms with Crippen LogP contribution in [0, 0.1) is 5.92 Å². The first-order valence-electron chi connectivity index (χ1n) is 10.5. The van der Waals surface area contributed by atoms with Crippen molar-refractivity contribution in [3.63, 3.8) is 0 Å². The van der Waals surface area contributed by atoms with Crippen molar-refractivity contribution in [2.24, 2.45) is 5.92 Å². The summed E-state index contributed by atoms with van der Waals surface area (Å²) in [7, 11) is 0. The standard InChI is InChI=1S/C24H23NO5/c26-21-11-16(13-25(21)18-6-2-3-7-18)24(28)29-14-17-12-22(27)30-20-10-9-15-5-1-4-8-19(15)23(17)20/h1,4-5,8-10,12,16,18H,2-3,6-7,11,13-14H2/t16-/m1/s1. The highest BCUT2D eigenvalue weighted by atomic mass is 16.5. The Balaban J connectivity index is 1.37. The molecule has 1 saturated heterocycles. The van der Waals surface area contributed by atoms with Crippen molar-refractivity contribution in [3.8, 4) is 0 Å². The molecule has 2 fully saturated rings. The Hall–Kier alpha value is -3.15. The highest BCUT2D eigenvalue weighted by Crippen LogP contribution is 2.31. The number of nitrogens with zero attached hydrogens (tertiary/aromatic N) is 1. The second kappa shape index (κ2) is 7.59. The molecule has 3 aromatic rings. The maximum absolute atomic E-state index is 12.7. The van der Waals surface area contributed by atoms with E-state index in [0.717, 1.165) is 41.8 Å². The number of hydrogen-bond acceptors (Lipinski definition) is 5. The van der Waals surface area contributed by atoms with E-state index in [1.165, 1.54) is 6.07 Å². The van der Waals surface area contributed by atoms with Gasteiger partial charge >= 0.3 is 11.6 Å². The molecule has 30 heavy (non-hydrogen) atoms. The van der Waals surface area contributed by atoms with Gasteiger partial charge in [-0.1, -0.05) is 43.2 Å². The molecule has 0 unspecified atom stereocenters. The van der Waals surface area contributed by atoms with E-state index in [4.69, 9.17) is 9.15 Å². The molecule has 6 heteroatoms. The van der Waals surface area contributed by atoms with Crippen LogP contribution in [-0.4, -0.2) is 29.4 Å². The molecule has 1 amide bonds. The SMILES string of the molecule is O=C(OCc1cc(=O)oc2ccc3ccccc3c12)[C@@H]1CC(=O)N(C2CCCC2)C1. The zero-order valence-corrected chi connectivity index (χ0v) is 16.6. The molecule has 1 atom stereocenters. The number of carbonyl (C=O) groups is 2. The molecule has 0 radical (unpaired) electrons. The number of benzene rings is 2. The van der Waals surface area contributed by atoms with E-state index in [2.05, 4.69) is 0 Å². The van der Waals surface area contributed by atoms with Crippen LogP contribution in [0.3, 0.4) is 0 Å². The third-order valence-corrected chi connectivity index (χ3v) is 6.34. The third-order valence-electron chi connectivity index (χ3n) is 6.34. The molecule has 1 aromatic heterocycles. The molecule has 1 aliphatic heterocycles. The van der Waals surface area contributed by atoms with Crippen molar-refractivity contribution in [1.29, 1.82) is 0 Å². The fraction of sp³-hybridized carbons (Fsp3) is 0.375. The van der Waals surface area contributed by atoms with Crippen LogP contribution >= 0.6 is 0 Å². The number of rotatable bonds is 4. The van der Waals surface area contributed by atoms with E-state index < -0.39 is 11.5 Å². The molecule has 2 heterocycles. The van der Waals surface area contributed by atoms with Gasteiger partial charge in [0.25, 0.3) is 0 Å². The van der Waals surface area contributed by atoms with E-state index in [1.54, 1.807) is 6.07 Å². The summed E-state index contributed by atoms with van der Waals surface area (Å²) in [6.45, 7) is 0.409. The van der Waals surface area contributed by atoms with Crippen molar-refractivity contribution in [3.05, 3.63) is 58.4 Å². The molecular formula is C24H23NO5. The Morgan fingerprint density at radius 3 is 2.73 bits per heavy atom. The Kier molecular flexibility index (Phi) is 4.77. The number of carbonyl (C=O) groups excluding carboxylic acids is 2. The highest BCUT2D eigenvalue weighted by molar-refractivity contribution is 6.07. The second-order valence-electron chi connectivity index (χ2n) is 8.24. The minimum absolute atomic E-state index is 0.0247. The maximum Gasteiger partial charge on any atom is 0.336 e. The van der Waals surface area contributed by atoms with Gasteiger partial charge in [-0.2, -0.15) is 0 Å². The zero-order valence-electron chi connectivity index (χ0n) is 16.6. The zero-order chi connectivity index (χ0) is 20.7. The van der Waals surface area contributed by atoms with Gasteiger partial charge in [-0.3, -0.25) is 9.59 Å². The molecule has 0 N–H and O–H groups in total. The lowest BCUT2D eigenvalue weighted by atomic mass is 10.0. The third kappa shape index (κ3) is 3.36. The maximum atomic E-state index is 12.7. The van der Waals surface area contributed by atoms with E-state index in [9.17, 15) is 14.4 Å². The molecule has 2 aliphatic rings. The Morgan fingerprint density at radius 1 is 1.10 bits per heavy atom. The van der Waals surface area contributed by atoms with Crippen LogP contribution in [0.2, 0.25) is 0 Å². The minimum Gasteiger partial charge on any atom is -0.461 e. The summed E-state index contributed by atoms with van der Waals surface area (Å²) >= 11 is 0. The number of ether oxygens (including phenoxy) is 1. The highest BCUT2D eigenvalue weighted by Gasteiger charge is 2.39. The average Bonchev–Trinajstić information content (AvgIpc) is 3.41. The van der Waals surface area contributed by atoms with Gasteiger partial charge < -0.3 is 14.1 Å². The Bertz CT molecular complexity index is 1190. The van der Waals surface area contributed by atoms with Crippen LogP contribution in [0.25, 0.3) is 21.7 Å². The first-order chi connectivity index (χ1) is 14.6. The predicted octanol–water partition coefficient (Wildman–Crippen LogP) is 3.78. The molecule has 6 nitrogen and oxygen atoms in total. The van der Waals surface area contributed by atoms with Crippen molar-refractivity contribution in [2.75, 3.05) is 6.54 Å². The lowest BCUT2D eigenvalue weighted by Gasteiger charge is -2.23. The van der Waals surface area contributed by atoms with Crippen LogP contribution in [0.4, 0.5) is 0 Å². The summed E-state index contributed by atoms with van der Waals surface area (Å²) in [5, 5.41) is 2.73. The molecule has 1 saturated carbocycles. The monoisotopic (exact) mass is 405 g/mol. The molecule has 2 aromatic carbocycles. The van der Waals surface area contributed by atoms with Gasteiger partial charge in [0, 0.05) is 36.0 Å². The van der Waals surface area contributed by atoms with Crippen LogP contribution in [-0.2, 0) is 20.9 Å². The van der Waals surface area contributed by atoms with Gasteiger partial charge in [0.1, 0.15) is 12.2 Å². The van der Waals surface area contributed by atoms with Gasteiger partial charge in [0.2, 0.25) is 5.91 Å². The van der Waals surface area contributed by atoms with Crippen molar-refractivity contribution < 1.29 is 18.7 Å². The Labute approximate surface area is 173 Å². The van der Waals surface area contributed by atoms with Crippen molar-refractivity contribution >= 4 is 33.6 Å². The van der Waals surface area contributed by atoms with Crippen molar-refractivity contribution in [1.82, 2.24) is 4.90 Å². The fourth-order valence-electron chi connectivity index (χ4n) is 4.86. The minimum atomic E-state index is -0.479. The van der Waals surface area contributed by atoms with Crippen molar-refractivity contribution in [2.45, 2.75) is 44.8 Å². The predicted molar refractivity (Wildman–Crippen MR) is 112 cm³/mol. The van der Waals surface area contributed by atoms with E-state index in [0.29, 0.717) is 17.7 Å². The number of esters is 1. The van der Waals surface area contributed by atoms with Gasteiger partial charge in [-0.25, -0.2) is 4.79 Å². The summed E-state index contributed by atoms with van der Waals surface area (Å²) in [6.07, 6.45) is 4.52. The van der Waals surface area contributed by atoms with Gasteiger partial charge in [0.15, 0.2) is 0 Å². The normalized spacial score (nSPS) is 19.8. The second-order valence-corrected chi connectivity index (χ2v) is 8.24. The Morgan fingerprint density at radius 2 is 1.90 bits per heavy atom. The number of amides is 1. The van der Waals surface area contributed by atoms with Crippen LogP contribution in [0.5, 0.6) is 0 Å². The van der Waals surface area contributed by atoms with E-state index in [1.807, 2.05) is 35.2 Å². The first kappa shape index (κ1) is 18.9. The van der Waals surface area contributed by atoms with Gasteiger partial charge in [-0.05, 0) is 29.7 Å². The molecule has 154 valence electrons. The average molecular weight is 405 g/mol. The number of fused-ring (bicyclic) bond motifs is 3. The molecule has 0 spiro atoms. The summed E-state index contributed by atoms with van der Waals surface area (Å²) in [4.78, 5) is 39.0. The molecular weight excluding hydrogens is 382 g/mol. The quantitative estimate of drug-likeness (QED) is 0.375. The topological polar surface area (TPSA) is 76.8 Å². The van der Waals surface area contributed by atoms with Gasteiger partial charge in [0.05, 0.1) is 5.92 Å². The number of hydrogen-bond donors (Lipinski definition) is 0. The summed E-state index contributed by atoms with van der Waals surface area (Å²) in [6, 6.07) is 13.1. The van der Waals surface area contributed by atoms with Crippen LogP contribution in [0.15, 0.2) is 51.7 Å². The lowest BCUT2D eigenvalue weighted by molar-refractivity contribution is -0.149. The van der Waals surface area contributed by atoms with E-state index >= 15 is 0 Å². The lowest BCUT2D eigenvalue weighted by Crippen LogP contribution is -2.35. The summed E-state index contributed by atoms with van der Waals surface area (Å²) < 4.78 is 10.9. The number of likely N-dealkylation sites (tertiary alicyclic amines) is 1. The summed E-state index contributed by atoms with van der Waals surface area (Å²) in [5.74, 6) is -0.785. The van der Waals surface area contributed by atoms with Gasteiger partial charge in [-0.15, -0.1) is 0 Å². The fourth-order valence-corrected chi connectivity index (χ4v) is 4.86. The van der Waals surface area contributed by atoms with E-state index in [-0.39, 0.29) is 30.9 Å². The molecule has 5 rings (SSSR count). The largest absolute Gasteiger partial charge is 0.461 e. The molecule has 1 aliphatic carbocycles. The van der Waals surface area contributed by atoms with Crippen LogP contribution in [0.1, 0.15) is 37.7 Å². The summed E-state index contributed by atoms with van der Waals surface area (Å²) in [5.41, 5.74) is 0.603. The smallest absolute Gasteiger partial charge is 0.336 e. The molecule has 0 bridgehead atoms. The first-order valence-corrected chi connectivity index (χ1v) is 10.5.